The third kappa shape index (κ3) is 26.9. The number of nitrogens with one attached hydrogen (secondary N) is 3. The Hall–Kier alpha value is -6.25. The fourth-order valence-corrected chi connectivity index (χ4v) is 8.92. The van der Waals surface area contributed by atoms with Crippen LogP contribution in [0.2, 0.25) is 0 Å². The second-order valence-electron chi connectivity index (χ2n) is 19.5. The molecule has 0 aromatic carbocycles. The van der Waals surface area contributed by atoms with E-state index in [4.69, 9.17) is 11.5 Å². The maximum absolute atomic E-state index is 13.7. The van der Waals surface area contributed by atoms with Gasteiger partial charge in [0, 0.05) is 104 Å². The first-order valence-corrected chi connectivity index (χ1v) is 25.3. The van der Waals surface area contributed by atoms with Crippen LogP contribution in [0.4, 0.5) is 0 Å². The van der Waals surface area contributed by atoms with Gasteiger partial charge in [-0.1, -0.05) is 13.8 Å². The van der Waals surface area contributed by atoms with Crippen LogP contribution >= 0.6 is 0 Å². The quantitative estimate of drug-likeness (QED) is 0.0128. The van der Waals surface area contributed by atoms with Gasteiger partial charge in [0.15, 0.2) is 17.5 Å². The van der Waals surface area contributed by atoms with Crippen molar-refractivity contribution in [3.63, 3.8) is 0 Å². The van der Waals surface area contributed by atoms with E-state index in [0.717, 1.165) is 0 Å². The average molecular weight is 1170 g/mol. The molecule has 2 aliphatic rings. The summed E-state index contributed by atoms with van der Waals surface area (Å²) in [6.07, 6.45) is -2.41. The molecule has 0 aromatic heterocycles. The molecule has 0 bridgehead atoms. The predicted molar refractivity (Wildman–Crippen MR) is 267 cm³/mol. The first-order valence-electron chi connectivity index (χ1n) is 25.3. The Bertz CT molecular complexity index is 2080. The molecule has 1 unspecified atom stereocenters. The summed E-state index contributed by atoms with van der Waals surface area (Å²) in [5, 5.41) is 81.4. The van der Waals surface area contributed by atoms with Crippen LogP contribution in [0.5, 0.6) is 0 Å². The predicted octanol–water partition coefficient (Wildman–Crippen LogP) is -8.81. The summed E-state index contributed by atoms with van der Waals surface area (Å²) in [5.74, 6) is -17.0. The monoisotopic (exact) mass is 1170 g/mol. The standard InChI is InChI=1S/C47H77N11O19.Ga/c1-28(2)19-33(36(61)21-30(27-59)43(72)52-32(45(74)75)5-3-9-50-47(48)49)53-42(71)29(22-38(63)64)20-31(60)23-51-44(73)34-6-4-10-58(34)37(62)8-7-35(46(76)77)57-17-15-55(25-40(67)68)13-11-54(24-39(65)66)12-14-56(16-18-57)26-41(69)70;/h28-30,32-35,59H,3-27H2,1-2H3,(H,51,73)(H,52,72)(H,53,71)(H,63,64)(H,65,66)(H,67,68)(H,69,70)(H,74,75)(H,76,77)(H4,48,49,50);/q;+3/p-3/t29-,30-,32-,33-,34-,35?;/m0./s1. The van der Waals surface area contributed by atoms with Crippen molar-refractivity contribution in [2.24, 2.45) is 34.2 Å². The number of aliphatic carboxylic acids is 6. The van der Waals surface area contributed by atoms with Crippen molar-refractivity contribution < 1.29 is 93.3 Å². The number of nitrogens with two attached hydrogens (primary N) is 2. The van der Waals surface area contributed by atoms with Crippen LogP contribution in [0.1, 0.15) is 78.1 Å². The van der Waals surface area contributed by atoms with Gasteiger partial charge in [-0.05, 0) is 44.4 Å². The number of carbonyl (C=O) groups excluding carboxylic acids is 9. The first-order chi connectivity index (χ1) is 36.2. The number of carboxylic acid groups (broad SMARTS) is 6. The van der Waals surface area contributed by atoms with E-state index in [-0.39, 0.29) is 129 Å². The van der Waals surface area contributed by atoms with E-state index in [1.165, 1.54) is 24.5 Å². The van der Waals surface area contributed by atoms with Gasteiger partial charge in [-0.2, -0.15) is 0 Å². The van der Waals surface area contributed by atoms with Gasteiger partial charge in [-0.15, -0.1) is 0 Å². The van der Waals surface area contributed by atoms with Crippen LogP contribution < -0.4 is 42.7 Å². The number of aliphatic hydroxyl groups is 1. The third-order valence-electron chi connectivity index (χ3n) is 12.9. The largest absolute Gasteiger partial charge is 3.00 e. The molecule has 30 nitrogen and oxygen atoms in total. The number of rotatable bonds is 33. The van der Waals surface area contributed by atoms with Crippen LogP contribution in [0.15, 0.2) is 4.99 Å². The Labute approximate surface area is 463 Å². The number of aliphatic hydroxyl groups excluding tert-OH is 1. The number of hydrogen-bond acceptors (Lipinski definition) is 21. The topological polar surface area (TPSA) is 472 Å². The zero-order chi connectivity index (χ0) is 57.9. The number of carbonyl (C=O) groups is 12. The van der Waals surface area contributed by atoms with Crippen molar-refractivity contribution in [2.45, 2.75) is 102 Å². The number of carboxylic acids is 6. The molecule has 11 N–H and O–H groups in total. The number of likely N-dealkylation sites (tertiary alicyclic amines) is 1. The van der Waals surface area contributed by atoms with E-state index < -0.39 is 165 Å². The van der Waals surface area contributed by atoms with Crippen LogP contribution in [-0.4, -0.2) is 264 Å². The van der Waals surface area contributed by atoms with Crippen LogP contribution in [-0.2, 0) is 57.5 Å². The van der Waals surface area contributed by atoms with Crippen molar-refractivity contribution in [1.29, 1.82) is 0 Å². The number of nitrogens with zero attached hydrogens (tertiary/aromatic N) is 6. The fraction of sp³-hybridized carbons (Fsp3) is 0.723. The Morgan fingerprint density at radius 3 is 1.64 bits per heavy atom. The second kappa shape index (κ2) is 36.0. The fourth-order valence-electron chi connectivity index (χ4n) is 8.92. The van der Waals surface area contributed by atoms with E-state index in [0.29, 0.717) is 6.42 Å². The molecule has 6 atom stereocenters. The molecule has 2 aliphatic heterocycles. The Morgan fingerprint density at radius 1 is 0.667 bits per heavy atom. The minimum atomic E-state index is -1.56. The molecule has 0 aliphatic carbocycles. The number of hydrogen-bond donors (Lipinski definition) is 9. The Balaban J connectivity index is 0.0000304. The molecule has 2 saturated heterocycles. The summed E-state index contributed by atoms with van der Waals surface area (Å²) in [7, 11) is 0. The van der Waals surface area contributed by atoms with Gasteiger partial charge in [0.1, 0.15) is 18.1 Å². The smallest absolute Gasteiger partial charge is 0.549 e. The molecule has 31 heteroatoms. The molecule has 2 heterocycles. The van der Waals surface area contributed by atoms with E-state index >= 15 is 0 Å². The van der Waals surface area contributed by atoms with Gasteiger partial charge in [0.2, 0.25) is 23.6 Å². The number of aliphatic imine (C=N–C) groups is 1. The number of guanidine groups is 1. The number of amides is 4. The molecule has 0 radical (unpaired) electrons. The molecular formula is C47H74GaN11O19. The molecule has 434 valence electrons. The Morgan fingerprint density at radius 2 is 1.18 bits per heavy atom. The summed E-state index contributed by atoms with van der Waals surface area (Å²) in [6.45, 7) is 0.143. The molecular weight excluding hydrogens is 1090 g/mol. The summed E-state index contributed by atoms with van der Waals surface area (Å²) < 4.78 is 0. The summed E-state index contributed by atoms with van der Waals surface area (Å²) in [5.41, 5.74) is 10.5. The van der Waals surface area contributed by atoms with Gasteiger partial charge >= 0.3 is 37.7 Å². The van der Waals surface area contributed by atoms with E-state index in [2.05, 4.69) is 20.9 Å². The normalized spacial score (nSPS) is 18.0. The zero-order valence-corrected chi connectivity index (χ0v) is 46.5. The van der Waals surface area contributed by atoms with E-state index in [1.807, 2.05) is 0 Å². The molecule has 2 rings (SSSR count). The van der Waals surface area contributed by atoms with Crippen LogP contribution in [0, 0.1) is 17.8 Å². The number of Topliss-reactive ketones (excluding diaryl/α,β-unsaturated/α-hetero) is 2. The zero-order valence-electron chi connectivity index (χ0n) is 44.0. The van der Waals surface area contributed by atoms with Gasteiger partial charge in [0.05, 0.1) is 55.4 Å². The minimum Gasteiger partial charge on any atom is -0.549 e. The SMILES string of the molecule is CC(C)C[C@H](NC(=O)[C@H](CC(=O)O)CC(=O)CNC(=O)[C@@H]1CCCN1C(=O)CCC(C(=O)O)N1CCN(CC(=O)[O-])CCN(CC(=O)[O-])CCN(CC(=O)[O-])CC1)C(=O)C[C@@H](CO)C(=O)N[C@@H](CCCN=C(N)N)C(=O)O.[Ga+3]. The summed E-state index contributed by atoms with van der Waals surface area (Å²) in [4.78, 5) is 162. The molecule has 4 amide bonds. The van der Waals surface area contributed by atoms with Crippen molar-refractivity contribution >= 4 is 96.8 Å². The van der Waals surface area contributed by atoms with Gasteiger partial charge in [-0.25, -0.2) is 4.79 Å². The molecule has 78 heavy (non-hydrogen) atoms. The second-order valence-corrected chi connectivity index (χ2v) is 19.5. The van der Waals surface area contributed by atoms with Crippen molar-refractivity contribution in [3.8, 4) is 0 Å². The maximum atomic E-state index is 13.7. The maximum Gasteiger partial charge on any atom is 3.00 e. The van der Waals surface area contributed by atoms with Gasteiger partial charge < -0.3 is 82.4 Å². The van der Waals surface area contributed by atoms with Crippen LogP contribution in [0.3, 0.4) is 0 Å². The molecule has 0 spiro atoms. The van der Waals surface area contributed by atoms with Crippen LogP contribution in [0.25, 0.3) is 0 Å². The third-order valence-corrected chi connectivity index (χ3v) is 12.9. The van der Waals surface area contributed by atoms with E-state index in [1.54, 1.807) is 13.8 Å². The first kappa shape index (κ1) is 69.8. The molecule has 0 aromatic rings. The minimum absolute atomic E-state index is 0. The average Bonchev–Trinajstić information content (AvgIpc) is 3.83. The number of ketones is 2. The van der Waals surface area contributed by atoms with Crippen molar-refractivity contribution in [1.82, 2.24) is 40.4 Å². The summed E-state index contributed by atoms with van der Waals surface area (Å²) >= 11 is 0. The van der Waals surface area contributed by atoms with Crippen molar-refractivity contribution in [2.75, 3.05) is 98.2 Å². The molecule has 0 saturated carbocycles. The van der Waals surface area contributed by atoms with E-state index in [9.17, 15) is 93.3 Å². The summed E-state index contributed by atoms with van der Waals surface area (Å²) in [6, 6.07) is -5.23. The van der Waals surface area contributed by atoms with Gasteiger partial charge in [-0.3, -0.25) is 62.9 Å². The Kier molecular flexibility index (Phi) is 32.2. The molecule has 2 fully saturated rings. The van der Waals surface area contributed by atoms with Crippen molar-refractivity contribution in [3.05, 3.63) is 0 Å². The van der Waals surface area contributed by atoms with Gasteiger partial charge in [0.25, 0.3) is 0 Å².